The van der Waals surface area contributed by atoms with Crippen LogP contribution in [0.5, 0.6) is 0 Å². The van der Waals surface area contributed by atoms with Crippen LogP contribution in [0.1, 0.15) is 36.0 Å². The Morgan fingerprint density at radius 1 is 1.23 bits per heavy atom. The number of pyridine rings is 1. The molecule has 2 aliphatic rings. The van der Waals surface area contributed by atoms with Gasteiger partial charge in [-0.25, -0.2) is 4.39 Å². The summed E-state index contributed by atoms with van der Waals surface area (Å²) in [5.74, 6) is -0.632. The van der Waals surface area contributed by atoms with Gasteiger partial charge in [0.1, 0.15) is 5.82 Å². The number of carbonyl (C=O) groups is 1. The first-order valence-corrected chi connectivity index (χ1v) is 7.95. The van der Waals surface area contributed by atoms with E-state index >= 15 is 0 Å². The third-order valence-electron chi connectivity index (χ3n) is 4.65. The molecule has 1 aromatic heterocycles. The maximum atomic E-state index is 13.2. The average molecular weight is 307 g/mol. The third-order valence-corrected chi connectivity index (χ3v) is 4.65. The van der Waals surface area contributed by atoms with Gasteiger partial charge in [-0.3, -0.25) is 14.7 Å². The van der Waals surface area contributed by atoms with Gasteiger partial charge >= 0.3 is 0 Å². The van der Waals surface area contributed by atoms with Gasteiger partial charge in [0.2, 0.25) is 0 Å². The minimum Gasteiger partial charge on any atom is -0.392 e. The Bertz CT molecular complexity index is 532. The predicted octanol–water partition coefficient (Wildman–Crippen LogP) is 1.28. The smallest absolute Gasteiger partial charge is 0.255 e. The molecule has 120 valence electrons. The Morgan fingerprint density at radius 3 is 2.68 bits per heavy atom. The van der Waals surface area contributed by atoms with Crippen LogP contribution in [0.2, 0.25) is 0 Å². The first-order chi connectivity index (χ1) is 10.6. The molecular weight excluding hydrogens is 285 g/mol. The second-order valence-corrected chi connectivity index (χ2v) is 6.21. The molecule has 0 aliphatic carbocycles. The van der Waals surface area contributed by atoms with Gasteiger partial charge < -0.3 is 10.0 Å². The molecule has 22 heavy (non-hydrogen) atoms. The van der Waals surface area contributed by atoms with Gasteiger partial charge in [0, 0.05) is 31.9 Å². The number of piperidine rings is 2. The second kappa shape index (κ2) is 6.71. The van der Waals surface area contributed by atoms with Crippen molar-refractivity contribution >= 4 is 5.91 Å². The van der Waals surface area contributed by atoms with Crippen molar-refractivity contribution in [3.63, 3.8) is 0 Å². The summed E-state index contributed by atoms with van der Waals surface area (Å²) < 4.78 is 13.2. The fraction of sp³-hybridized carbons (Fsp3) is 0.625. The molecule has 1 amide bonds. The van der Waals surface area contributed by atoms with Crippen LogP contribution in [0.15, 0.2) is 18.5 Å². The number of halogens is 1. The Hall–Kier alpha value is -1.53. The van der Waals surface area contributed by atoms with E-state index in [0.29, 0.717) is 24.7 Å². The van der Waals surface area contributed by atoms with E-state index in [1.807, 2.05) is 0 Å². The lowest BCUT2D eigenvalue weighted by Crippen LogP contribution is -2.50. The summed E-state index contributed by atoms with van der Waals surface area (Å²) in [6.07, 6.45) is 6.04. The molecule has 2 aliphatic heterocycles. The summed E-state index contributed by atoms with van der Waals surface area (Å²) in [5.41, 5.74) is 0.312. The molecule has 6 heteroatoms. The predicted molar refractivity (Wildman–Crippen MR) is 79.9 cm³/mol. The summed E-state index contributed by atoms with van der Waals surface area (Å²) in [7, 11) is 0. The molecule has 1 N–H and O–H groups in total. The van der Waals surface area contributed by atoms with Crippen LogP contribution in [-0.2, 0) is 0 Å². The monoisotopic (exact) mass is 307 g/mol. The Kier molecular flexibility index (Phi) is 4.69. The van der Waals surface area contributed by atoms with Crippen LogP contribution in [0, 0.1) is 5.82 Å². The molecular formula is C16H22FN3O2. The van der Waals surface area contributed by atoms with E-state index in [0.717, 1.165) is 45.0 Å². The maximum Gasteiger partial charge on any atom is 0.255 e. The number of carbonyl (C=O) groups excluding carboxylic acids is 1. The SMILES string of the molecule is O=C(c1cncc(F)c1)N1CCC(N2CCC[C@H](O)C2)CC1. The number of aliphatic hydroxyl groups is 1. The quantitative estimate of drug-likeness (QED) is 0.894. The number of rotatable bonds is 2. The first-order valence-electron chi connectivity index (χ1n) is 7.95. The standard InChI is InChI=1S/C16H22FN3O2/c17-13-8-12(9-18-10-13)16(22)19-6-3-14(4-7-19)20-5-1-2-15(21)11-20/h8-10,14-15,21H,1-7,11H2/t15-/m0/s1. The lowest BCUT2D eigenvalue weighted by Gasteiger charge is -2.41. The number of likely N-dealkylation sites (tertiary alicyclic amines) is 2. The van der Waals surface area contributed by atoms with Gasteiger partial charge in [-0.1, -0.05) is 0 Å². The highest BCUT2D eigenvalue weighted by Crippen LogP contribution is 2.22. The molecule has 0 bridgehead atoms. The Labute approximate surface area is 129 Å². The first kappa shape index (κ1) is 15.4. The molecule has 3 rings (SSSR count). The molecule has 0 radical (unpaired) electrons. The van der Waals surface area contributed by atoms with Gasteiger partial charge in [-0.05, 0) is 38.3 Å². The molecule has 1 aromatic rings. The van der Waals surface area contributed by atoms with Gasteiger partial charge in [0.25, 0.3) is 5.91 Å². The van der Waals surface area contributed by atoms with Crippen molar-refractivity contribution < 1.29 is 14.3 Å². The minimum atomic E-state index is -0.483. The molecule has 5 nitrogen and oxygen atoms in total. The van der Waals surface area contributed by atoms with E-state index in [1.165, 1.54) is 12.3 Å². The second-order valence-electron chi connectivity index (χ2n) is 6.21. The van der Waals surface area contributed by atoms with E-state index in [1.54, 1.807) is 4.90 Å². The Balaban J connectivity index is 1.56. The Morgan fingerprint density at radius 2 is 2.00 bits per heavy atom. The zero-order valence-corrected chi connectivity index (χ0v) is 12.6. The van der Waals surface area contributed by atoms with Crippen LogP contribution < -0.4 is 0 Å². The number of hydrogen-bond acceptors (Lipinski definition) is 4. The van der Waals surface area contributed by atoms with Gasteiger partial charge in [0.05, 0.1) is 17.9 Å². The number of aliphatic hydroxyl groups excluding tert-OH is 1. The minimum absolute atomic E-state index is 0.149. The maximum absolute atomic E-state index is 13.2. The van der Waals surface area contributed by atoms with Crippen molar-refractivity contribution in [1.82, 2.24) is 14.8 Å². The summed E-state index contributed by atoms with van der Waals surface area (Å²) in [6, 6.07) is 1.67. The average Bonchev–Trinajstić information content (AvgIpc) is 2.54. The molecule has 0 saturated carbocycles. The van der Waals surface area contributed by atoms with Crippen molar-refractivity contribution in [2.45, 2.75) is 37.8 Å². The van der Waals surface area contributed by atoms with E-state index < -0.39 is 5.82 Å². The van der Waals surface area contributed by atoms with E-state index in [4.69, 9.17) is 0 Å². The molecule has 0 aromatic carbocycles. The summed E-state index contributed by atoms with van der Waals surface area (Å²) in [4.78, 5) is 20.2. The van der Waals surface area contributed by atoms with E-state index in [-0.39, 0.29) is 12.0 Å². The lowest BCUT2D eigenvalue weighted by atomic mass is 9.98. The lowest BCUT2D eigenvalue weighted by molar-refractivity contribution is 0.0240. The number of β-amino-alcohol motifs (C(OH)–C–C–N with tert-alkyl or cyclic N) is 1. The molecule has 2 saturated heterocycles. The van der Waals surface area contributed by atoms with Crippen LogP contribution >= 0.6 is 0 Å². The number of amides is 1. The normalized spacial score (nSPS) is 24.5. The van der Waals surface area contributed by atoms with Crippen LogP contribution in [0.25, 0.3) is 0 Å². The van der Waals surface area contributed by atoms with Crippen molar-refractivity contribution in [3.8, 4) is 0 Å². The van der Waals surface area contributed by atoms with E-state index in [9.17, 15) is 14.3 Å². The zero-order valence-electron chi connectivity index (χ0n) is 12.6. The topological polar surface area (TPSA) is 56.7 Å². The fourth-order valence-electron chi connectivity index (χ4n) is 3.46. The third kappa shape index (κ3) is 3.44. The van der Waals surface area contributed by atoms with Crippen LogP contribution in [0.3, 0.4) is 0 Å². The number of aromatic nitrogens is 1. The van der Waals surface area contributed by atoms with Crippen molar-refractivity contribution in [3.05, 3.63) is 29.8 Å². The largest absolute Gasteiger partial charge is 0.392 e. The zero-order chi connectivity index (χ0) is 15.5. The fourth-order valence-corrected chi connectivity index (χ4v) is 3.46. The van der Waals surface area contributed by atoms with Crippen LogP contribution in [-0.4, -0.2) is 64.1 Å². The van der Waals surface area contributed by atoms with Crippen molar-refractivity contribution in [2.75, 3.05) is 26.2 Å². The van der Waals surface area contributed by atoms with E-state index in [2.05, 4.69) is 9.88 Å². The highest BCUT2D eigenvalue weighted by Gasteiger charge is 2.30. The summed E-state index contributed by atoms with van der Waals surface area (Å²) >= 11 is 0. The van der Waals surface area contributed by atoms with Crippen molar-refractivity contribution in [2.24, 2.45) is 0 Å². The van der Waals surface area contributed by atoms with Gasteiger partial charge in [-0.15, -0.1) is 0 Å². The van der Waals surface area contributed by atoms with Gasteiger partial charge in [-0.2, -0.15) is 0 Å². The highest BCUT2D eigenvalue weighted by atomic mass is 19.1. The molecule has 0 spiro atoms. The molecule has 1 atom stereocenters. The molecule has 2 fully saturated rings. The summed E-state index contributed by atoms with van der Waals surface area (Å²) in [5, 5.41) is 9.78. The van der Waals surface area contributed by atoms with Crippen LogP contribution in [0.4, 0.5) is 4.39 Å². The van der Waals surface area contributed by atoms with Gasteiger partial charge in [0.15, 0.2) is 0 Å². The number of nitrogens with zero attached hydrogens (tertiary/aromatic N) is 3. The number of hydrogen-bond donors (Lipinski definition) is 1. The molecule has 0 unspecified atom stereocenters. The summed E-state index contributed by atoms with van der Waals surface area (Å²) in [6.45, 7) is 3.12. The molecule has 3 heterocycles. The van der Waals surface area contributed by atoms with Crippen molar-refractivity contribution in [1.29, 1.82) is 0 Å². The highest BCUT2D eigenvalue weighted by molar-refractivity contribution is 5.93.